The van der Waals surface area contributed by atoms with Crippen LogP contribution >= 0.6 is 12.2 Å². The number of carbonyl (C=O) groups excluding carboxylic acids is 2. The van der Waals surface area contributed by atoms with E-state index in [0.717, 1.165) is 30.8 Å². The first-order chi connectivity index (χ1) is 14.0. The molecule has 4 rings (SSSR count). The van der Waals surface area contributed by atoms with Gasteiger partial charge in [0.1, 0.15) is 17.2 Å². The van der Waals surface area contributed by atoms with Crippen LogP contribution in [0.2, 0.25) is 0 Å². The quantitative estimate of drug-likeness (QED) is 0.476. The molecule has 1 N–H and O–H groups in total. The molecule has 2 aromatic carbocycles. The highest BCUT2D eigenvalue weighted by Gasteiger charge is 2.35. The second-order valence-corrected chi connectivity index (χ2v) is 7.20. The molecular weight excluding hydrogens is 396 g/mol. The molecule has 0 saturated carbocycles. The molecular formula is C21H17F2N3O2S. The lowest BCUT2D eigenvalue weighted by atomic mass is 10.1. The van der Waals surface area contributed by atoms with Crippen LogP contribution in [0.1, 0.15) is 18.4 Å². The summed E-state index contributed by atoms with van der Waals surface area (Å²) >= 11 is 5.05. The summed E-state index contributed by atoms with van der Waals surface area (Å²) in [5.41, 5.74) is 0.530. The van der Waals surface area contributed by atoms with Crippen molar-refractivity contribution in [2.24, 2.45) is 0 Å². The Labute approximate surface area is 171 Å². The number of carbonyl (C=O) groups is 2. The Kier molecular flexibility index (Phi) is 5.10. The Balaban J connectivity index is 1.68. The van der Waals surface area contributed by atoms with E-state index in [1.165, 1.54) is 30.3 Å². The molecule has 2 fully saturated rings. The zero-order chi connectivity index (χ0) is 20.5. The Morgan fingerprint density at radius 3 is 2.38 bits per heavy atom. The Hall–Kier alpha value is -3.13. The van der Waals surface area contributed by atoms with Crippen LogP contribution < -0.4 is 15.1 Å². The van der Waals surface area contributed by atoms with Gasteiger partial charge >= 0.3 is 0 Å². The summed E-state index contributed by atoms with van der Waals surface area (Å²) in [6.07, 6.45) is 3.32. The van der Waals surface area contributed by atoms with Gasteiger partial charge in [0.05, 0.1) is 11.4 Å². The van der Waals surface area contributed by atoms with Crippen LogP contribution in [0.4, 0.5) is 20.2 Å². The van der Waals surface area contributed by atoms with E-state index >= 15 is 0 Å². The summed E-state index contributed by atoms with van der Waals surface area (Å²) in [5, 5.41) is 2.18. The van der Waals surface area contributed by atoms with Crippen LogP contribution in [0.5, 0.6) is 0 Å². The highest BCUT2D eigenvalue weighted by atomic mass is 32.1. The second kappa shape index (κ2) is 7.71. The lowest BCUT2D eigenvalue weighted by molar-refractivity contribution is -0.122. The molecule has 0 spiro atoms. The average Bonchev–Trinajstić information content (AvgIpc) is 3.21. The molecule has 8 heteroatoms. The largest absolute Gasteiger partial charge is 0.369 e. The molecule has 0 atom stereocenters. The third-order valence-electron chi connectivity index (χ3n) is 4.92. The molecule has 0 aliphatic carbocycles. The van der Waals surface area contributed by atoms with E-state index in [4.69, 9.17) is 12.2 Å². The van der Waals surface area contributed by atoms with Crippen molar-refractivity contribution in [3.8, 4) is 0 Å². The van der Waals surface area contributed by atoms with Gasteiger partial charge in [0.25, 0.3) is 11.8 Å². The van der Waals surface area contributed by atoms with E-state index in [9.17, 15) is 18.4 Å². The van der Waals surface area contributed by atoms with E-state index in [-0.39, 0.29) is 16.4 Å². The SMILES string of the molecule is O=C1NC(=S)N(c2ccccc2F)C(=O)/C1=C/c1ccc(N2CCCC2)c(F)c1. The number of halogens is 2. The van der Waals surface area contributed by atoms with Crippen LogP contribution in [0.3, 0.4) is 0 Å². The number of para-hydroxylation sites is 1. The predicted octanol–water partition coefficient (Wildman–Crippen LogP) is 3.40. The number of rotatable bonds is 3. The highest BCUT2D eigenvalue weighted by molar-refractivity contribution is 7.80. The van der Waals surface area contributed by atoms with E-state index in [0.29, 0.717) is 11.3 Å². The van der Waals surface area contributed by atoms with Crippen LogP contribution in [-0.4, -0.2) is 30.0 Å². The lowest BCUT2D eigenvalue weighted by Gasteiger charge is -2.29. The van der Waals surface area contributed by atoms with E-state index in [1.807, 2.05) is 4.90 Å². The van der Waals surface area contributed by atoms with Gasteiger partial charge in [-0.3, -0.25) is 14.9 Å². The molecule has 5 nitrogen and oxygen atoms in total. The van der Waals surface area contributed by atoms with Gasteiger partial charge in [-0.25, -0.2) is 13.7 Å². The van der Waals surface area contributed by atoms with Crippen molar-refractivity contribution in [2.75, 3.05) is 22.9 Å². The number of hydrogen-bond acceptors (Lipinski definition) is 4. The lowest BCUT2D eigenvalue weighted by Crippen LogP contribution is -2.54. The topological polar surface area (TPSA) is 52.7 Å². The van der Waals surface area contributed by atoms with Crippen molar-refractivity contribution < 1.29 is 18.4 Å². The number of benzene rings is 2. The van der Waals surface area contributed by atoms with Gasteiger partial charge in [-0.1, -0.05) is 18.2 Å². The molecule has 0 radical (unpaired) electrons. The first kappa shape index (κ1) is 19.2. The number of nitrogens with zero attached hydrogens (tertiary/aromatic N) is 2. The van der Waals surface area contributed by atoms with Gasteiger partial charge in [-0.2, -0.15) is 0 Å². The van der Waals surface area contributed by atoms with Gasteiger partial charge in [0.15, 0.2) is 5.11 Å². The summed E-state index contributed by atoms with van der Waals surface area (Å²) in [6, 6.07) is 10.2. The first-order valence-corrected chi connectivity index (χ1v) is 9.57. The average molecular weight is 413 g/mol. The summed E-state index contributed by atoms with van der Waals surface area (Å²) in [4.78, 5) is 28.1. The van der Waals surface area contributed by atoms with Gasteiger partial charge in [0, 0.05) is 13.1 Å². The summed E-state index contributed by atoms with van der Waals surface area (Å²) in [6.45, 7) is 1.60. The van der Waals surface area contributed by atoms with Gasteiger partial charge in [0.2, 0.25) is 0 Å². The zero-order valence-corrected chi connectivity index (χ0v) is 16.1. The van der Waals surface area contributed by atoms with Crippen molar-refractivity contribution in [1.82, 2.24) is 5.32 Å². The van der Waals surface area contributed by atoms with Crippen molar-refractivity contribution in [2.45, 2.75) is 12.8 Å². The zero-order valence-electron chi connectivity index (χ0n) is 15.3. The number of hydrogen-bond donors (Lipinski definition) is 1. The van der Waals surface area contributed by atoms with Gasteiger partial charge < -0.3 is 4.90 Å². The van der Waals surface area contributed by atoms with E-state index in [2.05, 4.69) is 5.32 Å². The van der Waals surface area contributed by atoms with Crippen LogP contribution in [-0.2, 0) is 9.59 Å². The fourth-order valence-corrected chi connectivity index (χ4v) is 3.78. The molecule has 2 heterocycles. The monoisotopic (exact) mass is 413 g/mol. The van der Waals surface area contributed by atoms with Crippen molar-refractivity contribution in [3.05, 3.63) is 65.2 Å². The molecule has 29 heavy (non-hydrogen) atoms. The molecule has 2 amide bonds. The standard InChI is InChI=1S/C21H17F2N3O2S/c22-15-5-1-2-6-18(15)26-20(28)14(19(27)24-21(26)29)11-13-7-8-17(16(23)12-13)25-9-3-4-10-25/h1-2,5-8,11-12H,3-4,9-10H2,(H,24,27,29)/b14-11+. The Bertz CT molecular complexity index is 1050. The van der Waals surface area contributed by atoms with Gasteiger partial charge in [-0.15, -0.1) is 0 Å². The minimum absolute atomic E-state index is 0.0658. The first-order valence-electron chi connectivity index (χ1n) is 9.16. The smallest absolute Gasteiger partial charge is 0.270 e. The van der Waals surface area contributed by atoms with Gasteiger partial charge in [-0.05, 0) is 61.0 Å². The fourth-order valence-electron chi connectivity index (χ4n) is 3.50. The third-order valence-corrected chi connectivity index (χ3v) is 5.21. The summed E-state index contributed by atoms with van der Waals surface area (Å²) in [5.74, 6) is -2.56. The van der Waals surface area contributed by atoms with Crippen molar-refractivity contribution in [1.29, 1.82) is 0 Å². The van der Waals surface area contributed by atoms with Crippen molar-refractivity contribution in [3.63, 3.8) is 0 Å². The van der Waals surface area contributed by atoms with E-state index in [1.54, 1.807) is 18.2 Å². The molecule has 2 aliphatic heterocycles. The molecule has 0 bridgehead atoms. The maximum Gasteiger partial charge on any atom is 0.270 e. The molecule has 148 valence electrons. The van der Waals surface area contributed by atoms with E-state index < -0.39 is 23.4 Å². The van der Waals surface area contributed by atoms with Crippen molar-refractivity contribution >= 4 is 46.6 Å². The number of anilines is 2. The summed E-state index contributed by atoms with van der Waals surface area (Å²) in [7, 11) is 0. The number of nitrogens with one attached hydrogen (secondary N) is 1. The minimum atomic E-state index is -0.770. The Morgan fingerprint density at radius 2 is 1.69 bits per heavy atom. The molecule has 2 aromatic rings. The summed E-state index contributed by atoms with van der Waals surface area (Å²) < 4.78 is 28.7. The molecule has 0 unspecified atom stereocenters. The molecule has 2 aliphatic rings. The minimum Gasteiger partial charge on any atom is -0.369 e. The Morgan fingerprint density at radius 1 is 0.966 bits per heavy atom. The molecule has 2 saturated heterocycles. The maximum absolute atomic E-state index is 14.6. The highest BCUT2D eigenvalue weighted by Crippen LogP contribution is 2.27. The second-order valence-electron chi connectivity index (χ2n) is 6.81. The van der Waals surface area contributed by atoms with Crippen LogP contribution in [0, 0.1) is 11.6 Å². The number of thiocarbonyl (C=S) groups is 1. The molecule has 0 aromatic heterocycles. The third kappa shape index (κ3) is 3.63. The van der Waals surface area contributed by atoms with Crippen LogP contribution in [0.15, 0.2) is 48.0 Å². The predicted molar refractivity (Wildman–Crippen MR) is 110 cm³/mol. The fraction of sp³-hybridized carbons (Fsp3) is 0.190. The maximum atomic E-state index is 14.6. The number of amides is 2. The van der Waals surface area contributed by atoms with Crippen LogP contribution in [0.25, 0.3) is 6.08 Å². The normalized spacial score (nSPS) is 18.6.